The normalized spacial score (nSPS) is 10.4. The number of hydrogen-bond donors (Lipinski definition) is 0. The molecule has 0 atom stereocenters. The third-order valence-corrected chi connectivity index (χ3v) is 4.38. The molecule has 2 aromatic carbocycles. The van der Waals surface area contributed by atoms with Crippen LogP contribution in [0.25, 0.3) is 0 Å². The molecule has 0 saturated carbocycles. The van der Waals surface area contributed by atoms with Gasteiger partial charge in [-0.25, -0.2) is 4.79 Å². The molecule has 1 aromatic heterocycles. The lowest BCUT2D eigenvalue weighted by Crippen LogP contribution is -2.14. The summed E-state index contributed by atoms with van der Waals surface area (Å²) in [5.41, 5.74) is 2.36. The van der Waals surface area contributed by atoms with Crippen molar-refractivity contribution in [3.05, 3.63) is 76.7 Å². The summed E-state index contributed by atoms with van der Waals surface area (Å²) in [6.07, 6.45) is 0. The molecule has 3 rings (SSSR count). The molecule has 0 fully saturated rings. The van der Waals surface area contributed by atoms with Gasteiger partial charge in [0.2, 0.25) is 0 Å². The lowest BCUT2D eigenvalue weighted by molar-refractivity contribution is 0.0474. The van der Waals surface area contributed by atoms with Crippen molar-refractivity contribution in [1.29, 1.82) is 0 Å². The molecule has 7 nitrogen and oxygen atoms in total. The number of ketones is 1. The zero-order valence-corrected chi connectivity index (χ0v) is 16.4. The Morgan fingerprint density at radius 2 is 1.76 bits per heavy atom. The second-order valence-electron chi connectivity index (χ2n) is 6.35. The number of esters is 1. The van der Waals surface area contributed by atoms with Gasteiger partial charge in [-0.15, -0.1) is 0 Å². The van der Waals surface area contributed by atoms with E-state index in [9.17, 15) is 9.59 Å². The van der Waals surface area contributed by atoms with Crippen LogP contribution in [0.2, 0.25) is 0 Å². The van der Waals surface area contributed by atoms with Gasteiger partial charge in [0.25, 0.3) is 0 Å². The Morgan fingerprint density at radius 3 is 2.41 bits per heavy atom. The minimum Gasteiger partial charge on any atom is -0.497 e. The smallest absolute Gasteiger partial charge is 0.338 e. The van der Waals surface area contributed by atoms with E-state index in [1.807, 2.05) is 13.8 Å². The number of rotatable bonds is 8. The molecule has 0 aliphatic rings. The molecule has 0 amide bonds. The van der Waals surface area contributed by atoms with Gasteiger partial charge < -0.3 is 18.7 Å². The number of benzene rings is 2. The maximum atomic E-state index is 12.3. The Bertz CT molecular complexity index is 987. The number of nitrogens with zero attached hydrogens (tertiary/aromatic N) is 1. The maximum Gasteiger partial charge on any atom is 0.338 e. The van der Waals surface area contributed by atoms with Crippen molar-refractivity contribution in [2.45, 2.75) is 20.5 Å². The van der Waals surface area contributed by atoms with Gasteiger partial charge >= 0.3 is 5.97 Å². The highest BCUT2D eigenvalue weighted by Gasteiger charge is 2.14. The van der Waals surface area contributed by atoms with E-state index in [2.05, 4.69) is 5.16 Å². The molecular formula is C22H21NO6. The molecule has 0 radical (unpaired) electrons. The average Bonchev–Trinajstić information content (AvgIpc) is 3.07. The molecule has 0 N–H and O–H groups in total. The molecule has 0 saturated heterocycles. The lowest BCUT2D eigenvalue weighted by Gasteiger charge is -2.08. The minimum atomic E-state index is -0.602. The lowest BCUT2D eigenvalue weighted by atomic mass is 10.1. The van der Waals surface area contributed by atoms with E-state index in [1.165, 1.54) is 0 Å². The molecular weight excluding hydrogens is 374 g/mol. The fraction of sp³-hybridized carbons (Fsp3) is 0.227. The Kier molecular flexibility index (Phi) is 6.29. The van der Waals surface area contributed by atoms with Crippen LogP contribution in [0.4, 0.5) is 0 Å². The first kappa shape index (κ1) is 20.1. The van der Waals surface area contributed by atoms with Gasteiger partial charge in [-0.3, -0.25) is 4.79 Å². The first-order valence-electron chi connectivity index (χ1n) is 8.97. The number of aryl methyl sites for hydroxylation is 2. The van der Waals surface area contributed by atoms with Crippen LogP contribution in [0.5, 0.6) is 11.5 Å². The summed E-state index contributed by atoms with van der Waals surface area (Å²) in [4.78, 5) is 24.5. The summed E-state index contributed by atoms with van der Waals surface area (Å²) in [5, 5.41) is 3.88. The third kappa shape index (κ3) is 5.01. The summed E-state index contributed by atoms with van der Waals surface area (Å²) in [5.74, 6) is 0.935. The van der Waals surface area contributed by atoms with Crippen LogP contribution in [0, 0.1) is 13.8 Å². The van der Waals surface area contributed by atoms with Crippen LogP contribution >= 0.6 is 0 Å². The van der Waals surface area contributed by atoms with Gasteiger partial charge in [0, 0.05) is 5.56 Å². The molecule has 1 heterocycles. The molecule has 0 aliphatic carbocycles. The second kappa shape index (κ2) is 9.05. The van der Waals surface area contributed by atoms with Gasteiger partial charge in [-0.2, -0.15) is 0 Å². The number of hydrogen-bond acceptors (Lipinski definition) is 7. The molecule has 7 heteroatoms. The zero-order chi connectivity index (χ0) is 20.8. The SMILES string of the molecule is COc1ccc(C(=O)COC(=O)c2cccc(OCc3c(C)noc3C)c2)cc1. The van der Waals surface area contributed by atoms with Crippen molar-refractivity contribution in [3.63, 3.8) is 0 Å². The topological polar surface area (TPSA) is 87.9 Å². The maximum absolute atomic E-state index is 12.3. The predicted molar refractivity (Wildman–Crippen MR) is 104 cm³/mol. The quantitative estimate of drug-likeness (QED) is 0.422. The average molecular weight is 395 g/mol. The van der Waals surface area contributed by atoms with Gasteiger partial charge in [-0.05, 0) is 56.3 Å². The number of methoxy groups -OCH3 is 1. The van der Waals surface area contributed by atoms with E-state index in [4.69, 9.17) is 18.7 Å². The second-order valence-corrected chi connectivity index (χ2v) is 6.35. The van der Waals surface area contributed by atoms with Crippen molar-refractivity contribution in [2.75, 3.05) is 13.7 Å². The summed E-state index contributed by atoms with van der Waals surface area (Å²) in [6.45, 7) is 3.57. The zero-order valence-electron chi connectivity index (χ0n) is 16.4. The van der Waals surface area contributed by atoms with E-state index >= 15 is 0 Å². The van der Waals surface area contributed by atoms with Crippen molar-refractivity contribution in [2.24, 2.45) is 0 Å². The number of ether oxygens (including phenoxy) is 3. The molecule has 150 valence electrons. The van der Waals surface area contributed by atoms with E-state index in [0.29, 0.717) is 28.4 Å². The van der Waals surface area contributed by atoms with Crippen molar-refractivity contribution in [1.82, 2.24) is 5.16 Å². The largest absolute Gasteiger partial charge is 0.497 e. The highest BCUT2D eigenvalue weighted by Crippen LogP contribution is 2.19. The van der Waals surface area contributed by atoms with Gasteiger partial charge in [-0.1, -0.05) is 11.2 Å². The van der Waals surface area contributed by atoms with Gasteiger partial charge in [0.05, 0.1) is 23.9 Å². The number of Topliss-reactive ketones (excluding diaryl/α,β-unsaturated/α-hetero) is 1. The first-order chi connectivity index (χ1) is 14.0. The molecule has 29 heavy (non-hydrogen) atoms. The highest BCUT2D eigenvalue weighted by molar-refractivity contribution is 5.99. The molecule has 0 unspecified atom stereocenters. The summed E-state index contributed by atoms with van der Waals surface area (Å²) < 4.78 is 21.0. The van der Waals surface area contributed by atoms with E-state index in [1.54, 1.807) is 55.6 Å². The van der Waals surface area contributed by atoms with Crippen LogP contribution in [0.3, 0.4) is 0 Å². The number of aromatic nitrogens is 1. The van der Waals surface area contributed by atoms with Crippen molar-refractivity contribution >= 4 is 11.8 Å². The molecule has 0 bridgehead atoms. The van der Waals surface area contributed by atoms with Crippen molar-refractivity contribution < 1.29 is 28.3 Å². The Morgan fingerprint density at radius 1 is 1.00 bits per heavy atom. The third-order valence-electron chi connectivity index (χ3n) is 4.38. The summed E-state index contributed by atoms with van der Waals surface area (Å²) >= 11 is 0. The van der Waals surface area contributed by atoms with Crippen molar-refractivity contribution in [3.8, 4) is 11.5 Å². The highest BCUT2D eigenvalue weighted by atomic mass is 16.5. The Labute approximate surface area is 168 Å². The standard InChI is InChI=1S/C22H21NO6/c1-14-20(15(2)29-23-14)12-27-19-6-4-5-17(11-19)22(25)28-13-21(24)16-7-9-18(26-3)10-8-16/h4-11H,12-13H2,1-3H3. The minimum absolute atomic E-state index is 0.273. The van der Waals surface area contributed by atoms with Gasteiger partial charge in [0.1, 0.15) is 23.9 Å². The first-order valence-corrected chi connectivity index (χ1v) is 8.97. The molecule has 0 spiro atoms. The predicted octanol–water partition coefficient (Wildman–Crippen LogP) is 3.92. The van der Waals surface area contributed by atoms with Crippen LogP contribution in [0.15, 0.2) is 53.1 Å². The number of carbonyl (C=O) groups is 2. The molecule has 0 aliphatic heterocycles. The fourth-order valence-electron chi connectivity index (χ4n) is 2.65. The van der Waals surface area contributed by atoms with E-state index < -0.39 is 5.97 Å². The van der Waals surface area contributed by atoms with Gasteiger partial charge in [0.15, 0.2) is 12.4 Å². The monoisotopic (exact) mass is 395 g/mol. The summed E-state index contributed by atoms with van der Waals surface area (Å²) in [7, 11) is 1.55. The van der Waals surface area contributed by atoms with E-state index in [0.717, 1.165) is 11.3 Å². The van der Waals surface area contributed by atoms with Crippen LogP contribution < -0.4 is 9.47 Å². The van der Waals surface area contributed by atoms with Crippen LogP contribution in [-0.4, -0.2) is 30.6 Å². The summed E-state index contributed by atoms with van der Waals surface area (Å²) in [6, 6.07) is 13.2. The molecule has 3 aromatic rings. The Balaban J connectivity index is 1.58. The number of carbonyl (C=O) groups excluding carboxylic acids is 2. The fourth-order valence-corrected chi connectivity index (χ4v) is 2.65. The van der Waals surface area contributed by atoms with E-state index in [-0.39, 0.29) is 19.0 Å². The Hall–Kier alpha value is -3.61. The van der Waals surface area contributed by atoms with Crippen LogP contribution in [-0.2, 0) is 11.3 Å². The van der Waals surface area contributed by atoms with Crippen LogP contribution in [0.1, 0.15) is 37.7 Å².